The van der Waals surface area contributed by atoms with E-state index in [2.05, 4.69) is 11.4 Å². The molecule has 1 N–H and O–H groups in total. The topological polar surface area (TPSA) is 42.2 Å². The average Bonchev–Trinajstić information content (AvgIpc) is 3.06. The lowest BCUT2D eigenvalue weighted by Gasteiger charge is -2.12. The van der Waals surface area contributed by atoms with Crippen LogP contribution in [0, 0.1) is 0 Å². The molecular weight excluding hydrogens is 294 g/mol. The van der Waals surface area contributed by atoms with Crippen molar-refractivity contribution in [2.45, 2.75) is 17.9 Å². The summed E-state index contributed by atoms with van der Waals surface area (Å²) in [6, 6.07) is 17.8. The van der Waals surface area contributed by atoms with Gasteiger partial charge < -0.3 is 9.73 Å². The maximum absolute atomic E-state index is 12.2. The molecule has 4 heteroatoms. The first-order valence-corrected chi connectivity index (χ1v) is 8.21. The van der Waals surface area contributed by atoms with Crippen molar-refractivity contribution in [2.75, 3.05) is 5.32 Å². The Balaban J connectivity index is 1.61. The van der Waals surface area contributed by atoms with Crippen LogP contribution in [-0.4, -0.2) is 11.2 Å². The summed E-state index contributed by atoms with van der Waals surface area (Å²) in [5, 5.41) is 5.12. The lowest BCUT2D eigenvalue weighted by molar-refractivity contribution is -0.115. The molecule has 1 amide bonds. The van der Waals surface area contributed by atoms with Gasteiger partial charge in [-0.3, -0.25) is 4.79 Å². The molecule has 22 heavy (non-hydrogen) atoms. The Kier molecular flexibility index (Phi) is 4.49. The van der Waals surface area contributed by atoms with E-state index in [-0.39, 0.29) is 11.2 Å². The Morgan fingerprint density at radius 2 is 1.95 bits per heavy atom. The van der Waals surface area contributed by atoms with Crippen LogP contribution in [0.3, 0.4) is 0 Å². The zero-order chi connectivity index (χ0) is 15.4. The number of amides is 1. The summed E-state index contributed by atoms with van der Waals surface area (Å²) >= 11 is 1.56. The van der Waals surface area contributed by atoms with Crippen molar-refractivity contribution in [3.8, 4) is 0 Å². The van der Waals surface area contributed by atoms with Crippen LogP contribution in [0.4, 0.5) is 5.69 Å². The van der Waals surface area contributed by atoms with Gasteiger partial charge in [-0.1, -0.05) is 30.3 Å². The predicted molar refractivity (Wildman–Crippen MR) is 92.0 cm³/mol. The Morgan fingerprint density at radius 1 is 1.14 bits per heavy atom. The molecule has 0 aliphatic heterocycles. The van der Waals surface area contributed by atoms with Gasteiger partial charge >= 0.3 is 0 Å². The molecular formula is C18H17NO2S. The van der Waals surface area contributed by atoms with E-state index >= 15 is 0 Å². The molecule has 0 spiro atoms. The summed E-state index contributed by atoms with van der Waals surface area (Å²) < 4.78 is 5.28. The molecule has 1 aromatic heterocycles. The summed E-state index contributed by atoms with van der Waals surface area (Å²) in [6.45, 7) is 1.91. The minimum atomic E-state index is -0.142. The van der Waals surface area contributed by atoms with Crippen LogP contribution in [-0.2, 0) is 10.5 Å². The van der Waals surface area contributed by atoms with E-state index in [1.165, 1.54) is 5.39 Å². The number of hydrogen-bond donors (Lipinski definition) is 1. The number of thioether (sulfide) groups is 1. The van der Waals surface area contributed by atoms with E-state index < -0.39 is 0 Å². The number of hydrogen-bond acceptors (Lipinski definition) is 3. The normalized spacial score (nSPS) is 12.2. The highest BCUT2D eigenvalue weighted by atomic mass is 32.2. The lowest BCUT2D eigenvalue weighted by atomic mass is 10.1. The first kappa shape index (κ1) is 14.7. The van der Waals surface area contributed by atoms with Crippen LogP contribution in [0.1, 0.15) is 12.7 Å². The first-order valence-electron chi connectivity index (χ1n) is 7.16. The van der Waals surface area contributed by atoms with Crippen molar-refractivity contribution >= 4 is 34.1 Å². The van der Waals surface area contributed by atoms with Crippen LogP contribution < -0.4 is 5.32 Å². The monoisotopic (exact) mass is 311 g/mol. The number of anilines is 1. The van der Waals surface area contributed by atoms with E-state index in [1.54, 1.807) is 18.0 Å². The second kappa shape index (κ2) is 6.71. The zero-order valence-electron chi connectivity index (χ0n) is 12.3. The van der Waals surface area contributed by atoms with Crippen LogP contribution in [0.2, 0.25) is 0 Å². The minimum absolute atomic E-state index is 0.00633. The van der Waals surface area contributed by atoms with Gasteiger partial charge in [0.15, 0.2) is 0 Å². The fourth-order valence-corrected chi connectivity index (χ4v) is 2.98. The van der Waals surface area contributed by atoms with Gasteiger partial charge in [0.25, 0.3) is 0 Å². The van der Waals surface area contributed by atoms with Gasteiger partial charge in [0, 0.05) is 5.69 Å². The van der Waals surface area contributed by atoms with Crippen molar-refractivity contribution in [3.63, 3.8) is 0 Å². The molecule has 2 aromatic carbocycles. The number of rotatable bonds is 5. The third-order valence-corrected chi connectivity index (χ3v) is 4.61. The third-order valence-electron chi connectivity index (χ3n) is 3.44. The molecule has 1 atom stereocenters. The highest BCUT2D eigenvalue weighted by Gasteiger charge is 2.14. The predicted octanol–water partition coefficient (Wildman–Crippen LogP) is 4.69. The largest absolute Gasteiger partial charge is 0.468 e. The molecule has 0 bridgehead atoms. The number of fused-ring (bicyclic) bond motifs is 1. The molecule has 0 radical (unpaired) electrons. The molecule has 3 nitrogen and oxygen atoms in total. The number of nitrogens with one attached hydrogen (secondary N) is 1. The van der Waals surface area contributed by atoms with Crippen LogP contribution in [0.25, 0.3) is 10.8 Å². The van der Waals surface area contributed by atoms with E-state index in [0.717, 1.165) is 16.8 Å². The van der Waals surface area contributed by atoms with Gasteiger partial charge in [-0.2, -0.15) is 0 Å². The molecule has 0 saturated carbocycles. The van der Waals surface area contributed by atoms with Gasteiger partial charge in [0.2, 0.25) is 5.91 Å². The Morgan fingerprint density at radius 3 is 2.73 bits per heavy atom. The molecule has 0 fully saturated rings. The van der Waals surface area contributed by atoms with Gasteiger partial charge in [-0.05, 0) is 42.0 Å². The first-order chi connectivity index (χ1) is 10.7. The number of carbonyl (C=O) groups is 1. The fourth-order valence-electron chi connectivity index (χ4n) is 2.19. The van der Waals surface area contributed by atoms with Crippen molar-refractivity contribution in [1.29, 1.82) is 0 Å². The highest BCUT2D eigenvalue weighted by Crippen LogP contribution is 2.22. The molecule has 0 aliphatic rings. The van der Waals surface area contributed by atoms with Crippen LogP contribution in [0.15, 0.2) is 65.3 Å². The minimum Gasteiger partial charge on any atom is -0.468 e. The number of furan rings is 1. The summed E-state index contributed by atoms with van der Waals surface area (Å²) in [5.74, 6) is 1.58. The van der Waals surface area contributed by atoms with Crippen molar-refractivity contribution in [2.24, 2.45) is 0 Å². The SMILES string of the molecule is CC(SCc1ccco1)C(=O)Nc1ccc2ccccc2c1. The van der Waals surface area contributed by atoms with E-state index in [0.29, 0.717) is 5.75 Å². The molecule has 3 aromatic rings. The van der Waals surface area contributed by atoms with E-state index in [9.17, 15) is 4.79 Å². The molecule has 1 unspecified atom stereocenters. The fraction of sp³-hybridized carbons (Fsp3) is 0.167. The summed E-state index contributed by atoms with van der Waals surface area (Å²) in [4.78, 5) is 12.2. The van der Waals surface area contributed by atoms with Gasteiger partial charge in [0.1, 0.15) is 5.76 Å². The van der Waals surface area contributed by atoms with Crippen molar-refractivity contribution < 1.29 is 9.21 Å². The van der Waals surface area contributed by atoms with E-state index in [1.807, 2.05) is 55.5 Å². The second-order valence-electron chi connectivity index (χ2n) is 5.08. The molecule has 0 saturated heterocycles. The maximum atomic E-state index is 12.2. The van der Waals surface area contributed by atoms with Gasteiger partial charge in [-0.25, -0.2) is 0 Å². The Labute approximate surface area is 133 Å². The molecule has 3 rings (SSSR count). The average molecular weight is 311 g/mol. The second-order valence-corrected chi connectivity index (χ2v) is 6.41. The third kappa shape index (κ3) is 3.52. The van der Waals surface area contributed by atoms with Crippen molar-refractivity contribution in [1.82, 2.24) is 0 Å². The van der Waals surface area contributed by atoms with Crippen molar-refractivity contribution in [3.05, 3.63) is 66.6 Å². The lowest BCUT2D eigenvalue weighted by Crippen LogP contribution is -2.22. The summed E-state index contributed by atoms with van der Waals surface area (Å²) in [5.41, 5.74) is 0.828. The molecule has 0 aliphatic carbocycles. The Bertz CT molecular complexity index is 768. The summed E-state index contributed by atoms with van der Waals surface area (Å²) in [6.07, 6.45) is 1.65. The standard InChI is InChI=1S/C18H17NO2S/c1-13(22-12-17-7-4-10-21-17)18(20)19-16-9-8-14-5-2-3-6-15(14)11-16/h2-11,13H,12H2,1H3,(H,19,20). The highest BCUT2D eigenvalue weighted by molar-refractivity contribution is 7.99. The molecule has 1 heterocycles. The van der Waals surface area contributed by atoms with Crippen LogP contribution in [0.5, 0.6) is 0 Å². The number of carbonyl (C=O) groups excluding carboxylic acids is 1. The van der Waals surface area contributed by atoms with Crippen LogP contribution >= 0.6 is 11.8 Å². The molecule has 112 valence electrons. The summed E-state index contributed by atoms with van der Waals surface area (Å²) in [7, 11) is 0. The smallest absolute Gasteiger partial charge is 0.237 e. The zero-order valence-corrected chi connectivity index (χ0v) is 13.1. The van der Waals surface area contributed by atoms with E-state index in [4.69, 9.17) is 4.42 Å². The van der Waals surface area contributed by atoms with Gasteiger partial charge in [0.05, 0.1) is 17.3 Å². The quantitative estimate of drug-likeness (QED) is 0.743. The number of benzene rings is 2. The Hall–Kier alpha value is -2.20. The maximum Gasteiger partial charge on any atom is 0.237 e. The van der Waals surface area contributed by atoms with Gasteiger partial charge in [-0.15, -0.1) is 11.8 Å².